The Morgan fingerprint density at radius 2 is 2.00 bits per heavy atom. The Morgan fingerprint density at radius 1 is 1.26 bits per heavy atom. The molecule has 0 heterocycles. The van der Waals surface area contributed by atoms with Crippen LogP contribution in [0.3, 0.4) is 0 Å². The highest BCUT2D eigenvalue weighted by Gasteiger charge is 2.09. The van der Waals surface area contributed by atoms with Gasteiger partial charge in [-0.2, -0.15) is 0 Å². The molecule has 0 saturated carbocycles. The fraction of sp³-hybridized carbons (Fsp3) is 0.500. The SMILES string of the molecule is CC(C)CCOCCOC(=O)c1cc(N)cc(F)c1. The second kappa shape index (κ2) is 7.74. The first-order chi connectivity index (χ1) is 8.99. The minimum Gasteiger partial charge on any atom is -0.460 e. The first kappa shape index (κ1) is 15.4. The van der Waals surface area contributed by atoms with E-state index in [1.54, 1.807) is 0 Å². The second-order valence-electron chi connectivity index (χ2n) is 4.70. The first-order valence-corrected chi connectivity index (χ1v) is 6.30. The number of nitrogen functional groups attached to an aromatic ring is 1. The molecule has 0 amide bonds. The molecule has 1 aromatic carbocycles. The number of carbonyl (C=O) groups excluding carboxylic acids is 1. The fourth-order valence-electron chi connectivity index (χ4n) is 1.43. The zero-order valence-corrected chi connectivity index (χ0v) is 11.3. The number of esters is 1. The van der Waals surface area contributed by atoms with E-state index in [-0.39, 0.29) is 17.9 Å². The van der Waals surface area contributed by atoms with Crippen LogP contribution in [-0.2, 0) is 9.47 Å². The van der Waals surface area contributed by atoms with Gasteiger partial charge in [-0.1, -0.05) is 13.8 Å². The summed E-state index contributed by atoms with van der Waals surface area (Å²) in [5.74, 6) is -0.573. The Labute approximate surface area is 112 Å². The highest BCUT2D eigenvalue weighted by atomic mass is 19.1. The summed E-state index contributed by atoms with van der Waals surface area (Å²) in [5.41, 5.74) is 5.75. The summed E-state index contributed by atoms with van der Waals surface area (Å²) in [7, 11) is 0. The molecule has 106 valence electrons. The van der Waals surface area contributed by atoms with E-state index in [9.17, 15) is 9.18 Å². The lowest BCUT2D eigenvalue weighted by molar-refractivity contribution is 0.0303. The number of halogens is 1. The highest BCUT2D eigenvalue weighted by molar-refractivity contribution is 5.90. The van der Waals surface area contributed by atoms with Gasteiger partial charge in [0, 0.05) is 12.3 Å². The number of anilines is 1. The van der Waals surface area contributed by atoms with Gasteiger partial charge in [0.25, 0.3) is 0 Å². The molecule has 4 nitrogen and oxygen atoms in total. The maximum atomic E-state index is 13.0. The van der Waals surface area contributed by atoms with E-state index in [2.05, 4.69) is 13.8 Å². The van der Waals surface area contributed by atoms with E-state index in [0.717, 1.165) is 18.6 Å². The number of nitrogens with two attached hydrogens (primary N) is 1. The molecule has 0 aliphatic heterocycles. The third kappa shape index (κ3) is 6.20. The molecule has 2 N–H and O–H groups in total. The van der Waals surface area contributed by atoms with E-state index in [1.807, 2.05) is 0 Å². The summed E-state index contributed by atoms with van der Waals surface area (Å²) in [4.78, 5) is 11.6. The van der Waals surface area contributed by atoms with Gasteiger partial charge in [0.15, 0.2) is 0 Å². The lowest BCUT2D eigenvalue weighted by Crippen LogP contribution is -2.12. The summed E-state index contributed by atoms with van der Waals surface area (Å²) >= 11 is 0. The van der Waals surface area contributed by atoms with Crippen molar-refractivity contribution in [3.05, 3.63) is 29.6 Å². The first-order valence-electron chi connectivity index (χ1n) is 6.30. The average molecular weight is 269 g/mol. The molecule has 19 heavy (non-hydrogen) atoms. The quantitative estimate of drug-likeness (QED) is 0.469. The molecule has 0 aliphatic rings. The van der Waals surface area contributed by atoms with E-state index in [1.165, 1.54) is 6.07 Å². The molecule has 1 aromatic rings. The number of hydrogen-bond donors (Lipinski definition) is 1. The zero-order chi connectivity index (χ0) is 14.3. The van der Waals surface area contributed by atoms with Gasteiger partial charge in [-0.3, -0.25) is 0 Å². The van der Waals surface area contributed by atoms with Gasteiger partial charge in [0.1, 0.15) is 12.4 Å². The number of ether oxygens (including phenoxy) is 2. The van der Waals surface area contributed by atoms with Crippen LogP contribution in [0.1, 0.15) is 30.6 Å². The van der Waals surface area contributed by atoms with Crippen LogP contribution in [0, 0.1) is 11.7 Å². The van der Waals surface area contributed by atoms with Gasteiger partial charge in [0.2, 0.25) is 0 Å². The fourth-order valence-corrected chi connectivity index (χ4v) is 1.43. The van der Waals surface area contributed by atoms with E-state index >= 15 is 0 Å². The van der Waals surface area contributed by atoms with Crippen molar-refractivity contribution < 1.29 is 18.7 Å². The molecule has 0 bridgehead atoms. The minimum absolute atomic E-state index is 0.111. The van der Waals surface area contributed by atoms with Gasteiger partial charge in [-0.05, 0) is 30.5 Å². The van der Waals surface area contributed by atoms with Gasteiger partial charge in [-0.15, -0.1) is 0 Å². The third-order valence-electron chi connectivity index (χ3n) is 2.46. The summed E-state index contributed by atoms with van der Waals surface area (Å²) in [5, 5.41) is 0. The van der Waals surface area contributed by atoms with E-state index in [4.69, 9.17) is 15.2 Å². The van der Waals surface area contributed by atoms with Crippen molar-refractivity contribution in [3.63, 3.8) is 0 Å². The Bertz CT molecular complexity index is 401. The molecule has 0 saturated heterocycles. The van der Waals surface area contributed by atoms with E-state index < -0.39 is 11.8 Å². The van der Waals surface area contributed by atoms with Crippen molar-refractivity contribution in [3.8, 4) is 0 Å². The van der Waals surface area contributed by atoms with Crippen molar-refractivity contribution in [2.24, 2.45) is 5.92 Å². The monoisotopic (exact) mass is 269 g/mol. The molecule has 0 spiro atoms. The predicted octanol–water partition coefficient (Wildman–Crippen LogP) is 2.63. The van der Waals surface area contributed by atoms with Crippen molar-refractivity contribution in [1.82, 2.24) is 0 Å². The van der Waals surface area contributed by atoms with Crippen LogP contribution in [-0.4, -0.2) is 25.8 Å². The summed E-state index contributed by atoms with van der Waals surface area (Å²) in [6.07, 6.45) is 0.967. The minimum atomic E-state index is -0.598. The lowest BCUT2D eigenvalue weighted by atomic mass is 10.1. The predicted molar refractivity (Wildman–Crippen MR) is 71.4 cm³/mol. The van der Waals surface area contributed by atoms with Crippen molar-refractivity contribution in [2.45, 2.75) is 20.3 Å². The molecule has 0 atom stereocenters. The molecular weight excluding hydrogens is 249 g/mol. The Morgan fingerprint density at radius 3 is 2.63 bits per heavy atom. The third-order valence-corrected chi connectivity index (χ3v) is 2.46. The maximum Gasteiger partial charge on any atom is 0.338 e. The highest BCUT2D eigenvalue weighted by Crippen LogP contribution is 2.11. The molecule has 5 heteroatoms. The van der Waals surface area contributed by atoms with Gasteiger partial charge < -0.3 is 15.2 Å². The zero-order valence-electron chi connectivity index (χ0n) is 11.3. The topological polar surface area (TPSA) is 61.5 Å². The molecule has 0 aromatic heterocycles. The molecule has 0 fully saturated rings. The van der Waals surface area contributed by atoms with E-state index in [0.29, 0.717) is 19.1 Å². The Hall–Kier alpha value is -1.62. The molecule has 0 aliphatic carbocycles. The van der Waals surface area contributed by atoms with Crippen LogP contribution in [0.15, 0.2) is 18.2 Å². The summed E-state index contributed by atoms with van der Waals surface area (Å²) < 4.78 is 23.3. The molecular formula is C14H20FNO3. The Balaban J connectivity index is 2.27. The second-order valence-corrected chi connectivity index (χ2v) is 4.70. The van der Waals surface area contributed by atoms with Crippen molar-refractivity contribution in [2.75, 3.05) is 25.6 Å². The standard InChI is InChI=1S/C14H20FNO3/c1-10(2)3-4-18-5-6-19-14(17)11-7-12(15)9-13(16)8-11/h7-10H,3-6,16H2,1-2H3. The number of benzene rings is 1. The van der Waals surface area contributed by atoms with Crippen LogP contribution in [0.25, 0.3) is 0 Å². The summed E-state index contributed by atoms with van der Waals surface area (Å²) in [6.45, 7) is 5.34. The Kier molecular flexibility index (Phi) is 6.29. The molecule has 0 radical (unpaired) electrons. The van der Waals surface area contributed by atoms with Crippen molar-refractivity contribution in [1.29, 1.82) is 0 Å². The van der Waals surface area contributed by atoms with Crippen LogP contribution in [0.4, 0.5) is 10.1 Å². The number of carbonyl (C=O) groups is 1. The lowest BCUT2D eigenvalue weighted by Gasteiger charge is -2.08. The normalized spacial score (nSPS) is 10.7. The van der Waals surface area contributed by atoms with Gasteiger partial charge in [0.05, 0.1) is 12.2 Å². The smallest absolute Gasteiger partial charge is 0.338 e. The molecule has 1 rings (SSSR count). The van der Waals surface area contributed by atoms with Crippen molar-refractivity contribution >= 4 is 11.7 Å². The van der Waals surface area contributed by atoms with Gasteiger partial charge >= 0.3 is 5.97 Å². The summed E-state index contributed by atoms with van der Waals surface area (Å²) in [6, 6.07) is 3.62. The van der Waals surface area contributed by atoms with Crippen LogP contribution >= 0.6 is 0 Å². The van der Waals surface area contributed by atoms with Gasteiger partial charge in [-0.25, -0.2) is 9.18 Å². The number of rotatable bonds is 7. The average Bonchev–Trinajstić information content (AvgIpc) is 2.31. The number of hydrogen-bond acceptors (Lipinski definition) is 4. The van der Waals surface area contributed by atoms with Crippen LogP contribution in [0.2, 0.25) is 0 Å². The van der Waals surface area contributed by atoms with Crippen LogP contribution < -0.4 is 5.73 Å². The largest absolute Gasteiger partial charge is 0.460 e. The molecule has 0 unspecified atom stereocenters. The maximum absolute atomic E-state index is 13.0. The van der Waals surface area contributed by atoms with Crippen LogP contribution in [0.5, 0.6) is 0 Å².